The minimum absolute atomic E-state index is 0.0457. The lowest BCUT2D eigenvalue weighted by Crippen LogP contribution is -2.32. The Hall–Kier alpha value is -2.88. The maximum Gasteiger partial charge on any atom is 0.169 e. The minimum atomic E-state index is -0.249. The number of aliphatic hydroxyl groups excluding tert-OH is 1. The Kier molecular flexibility index (Phi) is 4.45. The molecule has 1 aliphatic carbocycles. The molecule has 0 amide bonds. The second kappa shape index (κ2) is 6.55. The summed E-state index contributed by atoms with van der Waals surface area (Å²) in [4.78, 5) is 17.3. The van der Waals surface area contributed by atoms with Gasteiger partial charge in [-0.05, 0) is 24.0 Å². The predicted octanol–water partition coefficient (Wildman–Crippen LogP) is 4.82. The van der Waals surface area contributed by atoms with E-state index in [-0.39, 0.29) is 28.3 Å². The molecular weight excluding hydrogens is 314 g/mol. The van der Waals surface area contributed by atoms with E-state index in [1.54, 1.807) is 36.4 Å². The number of ketones is 1. The van der Waals surface area contributed by atoms with Crippen LogP contribution in [0, 0.1) is 5.41 Å². The summed E-state index contributed by atoms with van der Waals surface area (Å²) in [7, 11) is 0. The van der Waals surface area contributed by atoms with Gasteiger partial charge in [0.05, 0.1) is 11.3 Å². The van der Waals surface area contributed by atoms with Gasteiger partial charge >= 0.3 is 0 Å². The van der Waals surface area contributed by atoms with E-state index in [1.807, 2.05) is 32.0 Å². The van der Waals surface area contributed by atoms with E-state index in [9.17, 15) is 15.0 Å². The molecule has 2 N–H and O–H groups in total. The summed E-state index contributed by atoms with van der Waals surface area (Å²) in [6, 6.07) is 15.7. The van der Waals surface area contributed by atoms with Gasteiger partial charge in [0.15, 0.2) is 5.78 Å². The third kappa shape index (κ3) is 3.63. The Morgan fingerprint density at radius 3 is 2.32 bits per heavy atom. The molecular formula is C21H21NO3. The summed E-state index contributed by atoms with van der Waals surface area (Å²) in [5, 5.41) is 20.7. The van der Waals surface area contributed by atoms with Crippen molar-refractivity contribution in [1.29, 1.82) is 0 Å². The highest BCUT2D eigenvalue weighted by atomic mass is 16.3. The van der Waals surface area contributed by atoms with Gasteiger partial charge in [0.2, 0.25) is 0 Å². The van der Waals surface area contributed by atoms with Crippen LogP contribution in [-0.4, -0.2) is 21.7 Å². The molecule has 4 heteroatoms. The summed E-state index contributed by atoms with van der Waals surface area (Å²) in [5.41, 5.74) is 1.47. The maximum atomic E-state index is 12.7. The fourth-order valence-electron chi connectivity index (χ4n) is 3.10. The molecule has 0 unspecified atom stereocenters. The van der Waals surface area contributed by atoms with Gasteiger partial charge in [-0.1, -0.05) is 56.3 Å². The number of Topliss-reactive ketones (excluding diaryl/α,β-unsaturated/α-hetero) is 1. The SMILES string of the molecule is CC1(C)CC(=O)/C(=C(/O)c2ccccc2)C(=Nc2ccccc2O)C1. The summed E-state index contributed by atoms with van der Waals surface area (Å²) in [5.74, 6) is -0.147. The molecule has 1 saturated carbocycles. The van der Waals surface area contributed by atoms with Gasteiger partial charge in [-0.2, -0.15) is 0 Å². The number of carbonyl (C=O) groups excluding carboxylic acids is 1. The number of hydrogen-bond donors (Lipinski definition) is 2. The van der Waals surface area contributed by atoms with Crippen molar-refractivity contribution in [2.75, 3.05) is 0 Å². The van der Waals surface area contributed by atoms with Gasteiger partial charge < -0.3 is 10.2 Å². The van der Waals surface area contributed by atoms with Gasteiger partial charge in [0.25, 0.3) is 0 Å². The number of nitrogens with zero attached hydrogens (tertiary/aromatic N) is 1. The van der Waals surface area contributed by atoms with Crippen molar-refractivity contribution in [2.45, 2.75) is 26.7 Å². The Balaban J connectivity index is 2.17. The van der Waals surface area contributed by atoms with E-state index in [1.165, 1.54) is 0 Å². The molecule has 0 spiro atoms. The number of hydrogen-bond acceptors (Lipinski definition) is 4. The van der Waals surface area contributed by atoms with E-state index in [0.29, 0.717) is 29.8 Å². The van der Waals surface area contributed by atoms with Gasteiger partial charge in [-0.15, -0.1) is 0 Å². The fourth-order valence-corrected chi connectivity index (χ4v) is 3.10. The van der Waals surface area contributed by atoms with E-state index < -0.39 is 0 Å². The largest absolute Gasteiger partial charge is 0.506 e. The Bertz CT molecular complexity index is 864. The normalized spacial score (nSPS) is 20.6. The molecule has 0 atom stereocenters. The fraction of sp³-hybridized carbons (Fsp3) is 0.238. The van der Waals surface area contributed by atoms with Crippen molar-refractivity contribution in [2.24, 2.45) is 10.4 Å². The second-order valence-corrected chi connectivity index (χ2v) is 7.08. The van der Waals surface area contributed by atoms with Crippen molar-refractivity contribution in [3.8, 4) is 5.75 Å². The van der Waals surface area contributed by atoms with Gasteiger partial charge in [-0.3, -0.25) is 4.79 Å². The molecule has 3 rings (SSSR count). The van der Waals surface area contributed by atoms with Crippen LogP contribution in [0.2, 0.25) is 0 Å². The van der Waals surface area contributed by atoms with Crippen LogP contribution in [0.15, 0.2) is 65.2 Å². The standard InChI is InChI=1S/C21H21NO3/c1-21(2)12-16(22-15-10-6-7-11-17(15)23)19(18(24)13-21)20(25)14-8-4-3-5-9-14/h3-11,23,25H,12-13H2,1-2H3/b20-19+,22-16?. The van der Waals surface area contributed by atoms with Crippen molar-refractivity contribution in [1.82, 2.24) is 0 Å². The quantitative estimate of drug-likeness (QED) is 0.610. The molecule has 1 aliphatic rings. The highest BCUT2D eigenvalue weighted by Gasteiger charge is 2.36. The molecule has 128 valence electrons. The number of para-hydroxylation sites is 2. The van der Waals surface area contributed by atoms with E-state index in [4.69, 9.17) is 0 Å². The second-order valence-electron chi connectivity index (χ2n) is 7.08. The average molecular weight is 335 g/mol. The van der Waals surface area contributed by atoms with Crippen LogP contribution in [0.5, 0.6) is 5.75 Å². The van der Waals surface area contributed by atoms with E-state index in [0.717, 1.165) is 0 Å². The lowest BCUT2D eigenvalue weighted by Gasteiger charge is -2.31. The Morgan fingerprint density at radius 1 is 1.00 bits per heavy atom. The van der Waals surface area contributed by atoms with Crippen molar-refractivity contribution < 1.29 is 15.0 Å². The first-order chi connectivity index (χ1) is 11.9. The zero-order valence-electron chi connectivity index (χ0n) is 14.4. The van der Waals surface area contributed by atoms with Crippen molar-refractivity contribution in [3.63, 3.8) is 0 Å². The van der Waals surface area contributed by atoms with Crippen LogP contribution in [0.1, 0.15) is 32.3 Å². The number of aliphatic imine (C=N–C) groups is 1. The molecule has 0 aromatic heterocycles. The maximum absolute atomic E-state index is 12.7. The summed E-state index contributed by atoms with van der Waals surface area (Å²) >= 11 is 0. The van der Waals surface area contributed by atoms with Crippen LogP contribution in [0.3, 0.4) is 0 Å². The third-order valence-electron chi connectivity index (χ3n) is 4.27. The number of aromatic hydroxyl groups is 1. The molecule has 25 heavy (non-hydrogen) atoms. The summed E-state index contributed by atoms with van der Waals surface area (Å²) < 4.78 is 0. The van der Waals surface area contributed by atoms with Crippen LogP contribution in [-0.2, 0) is 4.79 Å². The van der Waals surface area contributed by atoms with Crippen molar-refractivity contribution in [3.05, 3.63) is 65.7 Å². The van der Waals surface area contributed by atoms with Crippen LogP contribution in [0.4, 0.5) is 5.69 Å². The minimum Gasteiger partial charge on any atom is -0.506 e. The molecule has 1 fully saturated rings. The van der Waals surface area contributed by atoms with Crippen LogP contribution < -0.4 is 0 Å². The Labute approximate surface area is 147 Å². The summed E-state index contributed by atoms with van der Waals surface area (Å²) in [6.07, 6.45) is 0.887. The lowest BCUT2D eigenvalue weighted by atomic mass is 9.73. The first-order valence-electron chi connectivity index (χ1n) is 8.25. The number of aliphatic hydroxyl groups is 1. The average Bonchev–Trinajstić information content (AvgIpc) is 2.56. The number of allylic oxidation sites excluding steroid dienone is 1. The molecule has 0 aliphatic heterocycles. The van der Waals surface area contributed by atoms with Gasteiger partial charge in [-0.25, -0.2) is 4.99 Å². The molecule has 2 aromatic rings. The number of phenols is 1. The van der Waals surface area contributed by atoms with E-state index >= 15 is 0 Å². The molecule has 0 heterocycles. The van der Waals surface area contributed by atoms with Crippen LogP contribution in [0.25, 0.3) is 5.76 Å². The highest BCUT2D eigenvalue weighted by Crippen LogP contribution is 2.38. The first-order valence-corrected chi connectivity index (χ1v) is 8.25. The zero-order valence-corrected chi connectivity index (χ0v) is 14.4. The van der Waals surface area contributed by atoms with Crippen molar-refractivity contribution >= 4 is 22.9 Å². The predicted molar refractivity (Wildman–Crippen MR) is 99.2 cm³/mol. The lowest BCUT2D eigenvalue weighted by molar-refractivity contribution is -0.117. The Morgan fingerprint density at radius 2 is 1.64 bits per heavy atom. The number of phenolic OH excluding ortho intramolecular Hbond substituents is 1. The van der Waals surface area contributed by atoms with E-state index in [2.05, 4.69) is 4.99 Å². The van der Waals surface area contributed by atoms with Crippen LogP contribution >= 0.6 is 0 Å². The monoisotopic (exact) mass is 335 g/mol. The zero-order chi connectivity index (χ0) is 18.0. The highest BCUT2D eigenvalue weighted by molar-refractivity contribution is 6.28. The molecule has 0 radical (unpaired) electrons. The topological polar surface area (TPSA) is 69.9 Å². The third-order valence-corrected chi connectivity index (χ3v) is 4.27. The van der Waals surface area contributed by atoms with Gasteiger partial charge in [0, 0.05) is 12.0 Å². The summed E-state index contributed by atoms with van der Waals surface area (Å²) in [6.45, 7) is 4.00. The molecule has 4 nitrogen and oxygen atoms in total. The molecule has 0 saturated heterocycles. The van der Waals surface area contributed by atoms with Gasteiger partial charge in [0.1, 0.15) is 17.2 Å². The molecule has 0 bridgehead atoms. The number of benzene rings is 2. The number of rotatable bonds is 2. The first kappa shape index (κ1) is 17.0. The number of carbonyl (C=O) groups is 1. The smallest absolute Gasteiger partial charge is 0.169 e. The molecule has 2 aromatic carbocycles.